The van der Waals surface area contributed by atoms with Gasteiger partial charge >= 0.3 is 0 Å². The smallest absolute Gasteiger partial charge is 0.269 e. The van der Waals surface area contributed by atoms with Crippen molar-refractivity contribution < 1.29 is 9.34 Å². The van der Waals surface area contributed by atoms with Crippen LogP contribution in [0.2, 0.25) is 0 Å². The zero-order valence-electron chi connectivity index (χ0n) is 15.3. The highest BCUT2D eigenvalue weighted by Gasteiger charge is 2.34. The molecule has 8 heteroatoms. The molecule has 1 aromatic carbocycles. The Bertz CT molecular complexity index is 946. The summed E-state index contributed by atoms with van der Waals surface area (Å²) in [6.07, 6.45) is 4.30. The molecule has 3 heterocycles. The molecule has 0 amide bonds. The summed E-state index contributed by atoms with van der Waals surface area (Å²) in [5.41, 5.74) is 2.00. The molecule has 0 N–H and O–H groups in total. The summed E-state index contributed by atoms with van der Waals surface area (Å²) in [6.45, 7) is 3.06. The van der Waals surface area contributed by atoms with Crippen LogP contribution in [0.5, 0.6) is 0 Å². The quantitative estimate of drug-likeness (QED) is 0.502. The average Bonchev–Trinajstić information content (AvgIpc) is 3.41. The summed E-state index contributed by atoms with van der Waals surface area (Å²) < 4.78 is 8.06. The predicted molar refractivity (Wildman–Crippen MR) is 98.9 cm³/mol. The maximum Gasteiger partial charge on any atom is 0.269 e. The zero-order chi connectivity index (χ0) is 19.0. The van der Waals surface area contributed by atoms with Crippen molar-refractivity contribution in [2.45, 2.75) is 31.8 Å². The molecule has 140 valence electrons. The predicted octanol–water partition coefficient (Wildman–Crippen LogP) is 3.88. The topological polar surface area (TPSA) is 90.2 Å². The van der Waals surface area contributed by atoms with Crippen molar-refractivity contribution in [3.63, 3.8) is 0 Å². The number of benzene rings is 1. The van der Waals surface area contributed by atoms with Gasteiger partial charge in [0.15, 0.2) is 0 Å². The van der Waals surface area contributed by atoms with E-state index < -0.39 is 4.92 Å². The van der Waals surface area contributed by atoms with Crippen molar-refractivity contribution in [1.82, 2.24) is 19.7 Å². The van der Waals surface area contributed by atoms with Gasteiger partial charge in [0.2, 0.25) is 11.8 Å². The molecule has 1 aliphatic heterocycles. The van der Waals surface area contributed by atoms with E-state index in [0.717, 1.165) is 19.4 Å². The first-order chi connectivity index (χ1) is 13.0. The van der Waals surface area contributed by atoms with E-state index in [1.807, 2.05) is 0 Å². The Kier molecular flexibility index (Phi) is 4.49. The van der Waals surface area contributed by atoms with E-state index in [9.17, 15) is 10.1 Å². The van der Waals surface area contributed by atoms with E-state index in [-0.39, 0.29) is 11.7 Å². The number of aryl methyl sites for hydroxylation is 1. The third kappa shape index (κ3) is 3.23. The molecule has 2 atom stereocenters. The molecule has 8 nitrogen and oxygen atoms in total. The normalized spacial score (nSPS) is 18.7. The van der Waals surface area contributed by atoms with Gasteiger partial charge in [-0.15, -0.1) is 10.2 Å². The summed E-state index contributed by atoms with van der Waals surface area (Å²) >= 11 is 0. The third-order valence-electron chi connectivity index (χ3n) is 5.24. The van der Waals surface area contributed by atoms with Crippen LogP contribution >= 0.6 is 0 Å². The summed E-state index contributed by atoms with van der Waals surface area (Å²) in [7, 11) is 2.07. The third-order valence-corrected chi connectivity index (χ3v) is 5.24. The minimum absolute atomic E-state index is 0.00769. The number of likely N-dealkylation sites (tertiary alicyclic amines) is 1. The van der Waals surface area contributed by atoms with E-state index >= 15 is 0 Å². The molecule has 0 unspecified atom stereocenters. The SMILES string of the molecule is C[C@@H](c1nnc(-c2ccc([N+](=O)[O-])cc2)o1)N1CCC[C@@H]1c1cccn1C. The number of rotatable bonds is 5. The standard InChI is InChI=1S/C19H21N5O3/c1-13(23-12-4-6-17(23)16-5-3-11-22(16)2)18-20-21-19(27-18)14-7-9-15(10-8-14)24(25)26/h3,5,7-11,13,17H,4,6,12H2,1-2H3/t13-,17+/m0/s1. The molecule has 3 aromatic rings. The first-order valence-corrected chi connectivity index (χ1v) is 9.00. The summed E-state index contributed by atoms with van der Waals surface area (Å²) in [6, 6.07) is 10.7. The van der Waals surface area contributed by atoms with Crippen LogP contribution in [0.25, 0.3) is 11.5 Å². The van der Waals surface area contributed by atoms with Gasteiger partial charge in [-0.1, -0.05) is 0 Å². The average molecular weight is 367 g/mol. The maximum atomic E-state index is 10.8. The number of nitrogens with zero attached hydrogens (tertiary/aromatic N) is 5. The van der Waals surface area contributed by atoms with Gasteiger partial charge in [-0.3, -0.25) is 15.0 Å². The van der Waals surface area contributed by atoms with Crippen molar-refractivity contribution >= 4 is 5.69 Å². The Morgan fingerprint density at radius 1 is 1.26 bits per heavy atom. The van der Waals surface area contributed by atoms with E-state index in [4.69, 9.17) is 4.42 Å². The highest BCUT2D eigenvalue weighted by molar-refractivity contribution is 5.55. The van der Waals surface area contributed by atoms with Crippen LogP contribution in [0.4, 0.5) is 5.69 Å². The number of hydrogen-bond donors (Lipinski definition) is 0. The van der Waals surface area contributed by atoms with E-state index in [1.54, 1.807) is 12.1 Å². The Morgan fingerprint density at radius 2 is 2.04 bits per heavy atom. The first kappa shape index (κ1) is 17.4. The minimum Gasteiger partial charge on any atom is -0.419 e. The van der Waals surface area contributed by atoms with Crippen LogP contribution in [-0.2, 0) is 7.05 Å². The molecule has 0 radical (unpaired) electrons. The van der Waals surface area contributed by atoms with Crippen molar-refractivity contribution in [3.8, 4) is 11.5 Å². The fourth-order valence-corrected chi connectivity index (χ4v) is 3.78. The molecule has 0 aliphatic carbocycles. The maximum absolute atomic E-state index is 10.8. The summed E-state index contributed by atoms with van der Waals surface area (Å²) in [5, 5.41) is 19.2. The molecule has 1 fully saturated rings. The zero-order valence-corrected chi connectivity index (χ0v) is 15.3. The highest BCUT2D eigenvalue weighted by atomic mass is 16.6. The molecule has 0 saturated carbocycles. The molecule has 4 rings (SSSR count). The lowest BCUT2D eigenvalue weighted by atomic mass is 10.1. The van der Waals surface area contributed by atoms with Crippen LogP contribution < -0.4 is 0 Å². The summed E-state index contributed by atoms with van der Waals surface area (Å²) in [5.74, 6) is 0.936. The van der Waals surface area contributed by atoms with Gasteiger partial charge in [-0.25, -0.2) is 0 Å². The van der Waals surface area contributed by atoms with Crippen molar-refractivity contribution in [1.29, 1.82) is 0 Å². The molecular weight excluding hydrogens is 346 g/mol. The van der Waals surface area contributed by atoms with Crippen LogP contribution in [0, 0.1) is 10.1 Å². The number of nitro benzene ring substituents is 1. The first-order valence-electron chi connectivity index (χ1n) is 9.00. The second-order valence-electron chi connectivity index (χ2n) is 6.87. The second kappa shape index (κ2) is 6.96. The Hall–Kier alpha value is -3.00. The van der Waals surface area contributed by atoms with Gasteiger partial charge in [0.05, 0.1) is 17.0 Å². The van der Waals surface area contributed by atoms with E-state index in [2.05, 4.69) is 52.0 Å². The lowest BCUT2D eigenvalue weighted by Gasteiger charge is -2.28. The van der Waals surface area contributed by atoms with Gasteiger partial charge < -0.3 is 8.98 Å². The highest BCUT2D eigenvalue weighted by Crippen LogP contribution is 2.38. The van der Waals surface area contributed by atoms with Crippen LogP contribution in [0.3, 0.4) is 0 Å². The van der Waals surface area contributed by atoms with Crippen LogP contribution in [0.15, 0.2) is 47.0 Å². The van der Waals surface area contributed by atoms with E-state index in [1.165, 1.54) is 17.8 Å². The fourth-order valence-electron chi connectivity index (χ4n) is 3.78. The van der Waals surface area contributed by atoms with Gasteiger partial charge in [0.1, 0.15) is 0 Å². The molecule has 0 spiro atoms. The lowest BCUT2D eigenvalue weighted by molar-refractivity contribution is -0.384. The number of non-ortho nitro benzene ring substituents is 1. The Balaban J connectivity index is 1.55. The van der Waals surface area contributed by atoms with Gasteiger partial charge in [-0.05, 0) is 50.6 Å². The minimum atomic E-state index is -0.428. The van der Waals surface area contributed by atoms with Crippen molar-refractivity contribution in [2.75, 3.05) is 6.54 Å². The van der Waals surface area contributed by atoms with Crippen LogP contribution in [0.1, 0.15) is 43.4 Å². The molecule has 0 bridgehead atoms. The number of hydrogen-bond acceptors (Lipinski definition) is 6. The Labute approximate surface area is 156 Å². The molecule has 1 aliphatic rings. The second-order valence-corrected chi connectivity index (χ2v) is 6.87. The summed E-state index contributed by atoms with van der Waals surface area (Å²) in [4.78, 5) is 12.8. The molecule has 27 heavy (non-hydrogen) atoms. The Morgan fingerprint density at radius 3 is 2.70 bits per heavy atom. The fraction of sp³-hybridized carbons (Fsp3) is 0.368. The van der Waals surface area contributed by atoms with E-state index in [0.29, 0.717) is 23.4 Å². The monoisotopic (exact) mass is 367 g/mol. The van der Waals surface area contributed by atoms with Crippen LogP contribution in [-0.4, -0.2) is 31.1 Å². The van der Waals surface area contributed by atoms with Crippen molar-refractivity contribution in [2.24, 2.45) is 7.05 Å². The van der Waals surface area contributed by atoms with Gasteiger partial charge in [0.25, 0.3) is 5.69 Å². The molecule has 1 saturated heterocycles. The van der Waals surface area contributed by atoms with Crippen molar-refractivity contribution in [3.05, 3.63) is 64.3 Å². The van der Waals surface area contributed by atoms with Gasteiger partial charge in [-0.2, -0.15) is 0 Å². The largest absolute Gasteiger partial charge is 0.419 e. The van der Waals surface area contributed by atoms with Gasteiger partial charge in [0, 0.05) is 36.6 Å². The number of aromatic nitrogens is 3. The lowest BCUT2D eigenvalue weighted by Crippen LogP contribution is -2.28. The number of nitro groups is 1. The molecular formula is C19H21N5O3. The molecule has 2 aromatic heterocycles.